The second-order valence-corrected chi connectivity index (χ2v) is 13.3. The van der Waals surface area contributed by atoms with E-state index in [9.17, 15) is 9.59 Å². The molecule has 2 N–H and O–H groups in total. The molecule has 5 aliphatic carbocycles. The number of aromatic nitrogens is 2. The minimum atomic E-state index is -0.432. The van der Waals surface area contributed by atoms with E-state index in [1.165, 1.54) is 38.5 Å². The van der Waals surface area contributed by atoms with E-state index in [-0.39, 0.29) is 18.1 Å². The average Bonchev–Trinajstić information content (AvgIpc) is 3.44. The minimum absolute atomic E-state index is 0.0486. The number of imidazole rings is 1. The Morgan fingerprint density at radius 2 is 1.60 bits per heavy atom. The number of benzene rings is 2. The van der Waals surface area contributed by atoms with Crippen LogP contribution >= 0.6 is 0 Å². The van der Waals surface area contributed by atoms with Crippen molar-refractivity contribution in [2.45, 2.75) is 95.4 Å². The van der Waals surface area contributed by atoms with Gasteiger partial charge in [-0.05, 0) is 92.9 Å². The Labute approximate surface area is 247 Å². The summed E-state index contributed by atoms with van der Waals surface area (Å²) in [7, 11) is 0. The van der Waals surface area contributed by atoms with Crippen molar-refractivity contribution in [1.82, 2.24) is 9.97 Å². The normalized spacial score (nSPS) is 26.7. The Kier molecular flexibility index (Phi) is 7.61. The van der Waals surface area contributed by atoms with Crippen LogP contribution in [0.5, 0.6) is 0 Å². The molecule has 3 aromatic rings. The molecule has 2 aromatic carbocycles. The summed E-state index contributed by atoms with van der Waals surface area (Å²) in [5.41, 5.74) is 2.96. The Morgan fingerprint density at radius 1 is 0.881 bits per heavy atom. The van der Waals surface area contributed by atoms with Crippen LogP contribution in [0.25, 0.3) is 0 Å². The number of ether oxygens (including phenoxy) is 2. The van der Waals surface area contributed by atoms with Crippen LogP contribution in [-0.4, -0.2) is 27.4 Å². The van der Waals surface area contributed by atoms with Crippen LogP contribution in [0.2, 0.25) is 0 Å². The molecule has 0 unspecified atom stereocenters. The number of esters is 1. The molecule has 5 aliphatic rings. The molecule has 1 amide bonds. The monoisotopic (exact) mass is 567 g/mol. The minimum Gasteiger partial charge on any atom is -0.457 e. The van der Waals surface area contributed by atoms with Crippen LogP contribution in [0.15, 0.2) is 54.6 Å². The van der Waals surface area contributed by atoms with Crippen molar-refractivity contribution in [1.29, 1.82) is 0 Å². The first kappa shape index (κ1) is 27.4. The molecule has 0 atom stereocenters. The molecule has 0 spiro atoms. The summed E-state index contributed by atoms with van der Waals surface area (Å²) in [6, 6.07) is 16.5. The number of nitrogens with zero attached hydrogens (tertiary/aromatic N) is 1. The van der Waals surface area contributed by atoms with Gasteiger partial charge in [0.25, 0.3) is 5.91 Å². The van der Waals surface area contributed by atoms with E-state index < -0.39 is 5.97 Å². The van der Waals surface area contributed by atoms with Crippen LogP contribution in [0.1, 0.15) is 114 Å². The molecule has 0 aliphatic heterocycles. The van der Waals surface area contributed by atoms with Crippen molar-refractivity contribution in [2.75, 3.05) is 5.32 Å². The first-order chi connectivity index (χ1) is 20.5. The molecular formula is C35H41N3O4. The molecular weight excluding hydrogens is 526 g/mol. The fourth-order valence-electron chi connectivity index (χ4n) is 8.45. The maximum Gasteiger partial charge on any atom is 0.338 e. The number of carbonyl (C=O) groups excluding carboxylic acids is 2. The number of nitrogens with one attached hydrogen (secondary N) is 2. The Balaban J connectivity index is 1.07. The predicted octanol–water partition coefficient (Wildman–Crippen LogP) is 7.55. The highest BCUT2D eigenvalue weighted by Crippen LogP contribution is 2.57. The van der Waals surface area contributed by atoms with E-state index in [1.807, 2.05) is 30.3 Å². The predicted molar refractivity (Wildman–Crippen MR) is 160 cm³/mol. The quantitative estimate of drug-likeness (QED) is 0.260. The molecule has 0 saturated heterocycles. The van der Waals surface area contributed by atoms with Gasteiger partial charge in [0, 0.05) is 11.6 Å². The summed E-state index contributed by atoms with van der Waals surface area (Å²) in [5, 5.41) is 2.99. The maximum atomic E-state index is 13.7. The van der Waals surface area contributed by atoms with Crippen LogP contribution in [-0.2, 0) is 22.7 Å². The second-order valence-electron chi connectivity index (χ2n) is 13.3. The molecule has 1 aromatic heterocycles. The topological polar surface area (TPSA) is 93.3 Å². The molecule has 5 saturated carbocycles. The third-order valence-corrected chi connectivity index (χ3v) is 10.1. The van der Waals surface area contributed by atoms with E-state index in [1.54, 1.807) is 24.3 Å². The van der Waals surface area contributed by atoms with Gasteiger partial charge in [-0.25, -0.2) is 9.78 Å². The fourth-order valence-corrected chi connectivity index (χ4v) is 8.45. The van der Waals surface area contributed by atoms with E-state index in [2.05, 4.69) is 10.3 Å². The van der Waals surface area contributed by atoms with Crippen LogP contribution in [0.3, 0.4) is 0 Å². The number of hydrogen-bond donors (Lipinski definition) is 2. The molecule has 42 heavy (non-hydrogen) atoms. The lowest BCUT2D eigenvalue weighted by Crippen LogP contribution is -2.51. The third-order valence-electron chi connectivity index (χ3n) is 10.1. The van der Waals surface area contributed by atoms with Crippen molar-refractivity contribution in [2.24, 2.45) is 17.8 Å². The number of carbonyl (C=O) groups is 2. The fraction of sp³-hybridized carbons (Fsp3) is 0.514. The zero-order valence-electron chi connectivity index (χ0n) is 24.3. The number of anilines is 1. The highest BCUT2D eigenvalue weighted by Gasteiger charge is 2.51. The number of amides is 1. The van der Waals surface area contributed by atoms with Crippen molar-refractivity contribution in [3.8, 4) is 0 Å². The van der Waals surface area contributed by atoms with Crippen LogP contribution in [0, 0.1) is 17.8 Å². The molecule has 4 bridgehead atoms. The average molecular weight is 568 g/mol. The van der Waals surface area contributed by atoms with Gasteiger partial charge in [-0.2, -0.15) is 0 Å². The summed E-state index contributed by atoms with van der Waals surface area (Å²) >= 11 is 0. The number of rotatable bonds is 9. The van der Waals surface area contributed by atoms with E-state index in [0.717, 1.165) is 66.9 Å². The molecule has 7 heteroatoms. The first-order valence-electron chi connectivity index (χ1n) is 15.9. The molecule has 220 valence electrons. The smallest absolute Gasteiger partial charge is 0.338 e. The number of H-pyrrole nitrogens is 1. The van der Waals surface area contributed by atoms with Gasteiger partial charge in [0.05, 0.1) is 23.5 Å². The van der Waals surface area contributed by atoms with Gasteiger partial charge in [0.15, 0.2) is 5.69 Å². The largest absolute Gasteiger partial charge is 0.457 e. The van der Waals surface area contributed by atoms with Gasteiger partial charge < -0.3 is 19.8 Å². The molecule has 1 heterocycles. The van der Waals surface area contributed by atoms with Gasteiger partial charge in [-0.3, -0.25) is 4.79 Å². The van der Waals surface area contributed by atoms with Crippen molar-refractivity contribution >= 4 is 17.6 Å². The lowest BCUT2D eigenvalue weighted by molar-refractivity contribution is -0.169. The standard InChI is InChI=1S/C35H41N3O4/c39-33(36-29-13-7-12-28(17-29)34(40)41-21-23-8-3-1-4-9-23)31-30(37-32(38-31)27-10-5-2-6-11-27)22-42-35-18-24-14-25(19-35)16-26(15-24)20-35/h1,3-4,7-9,12-13,17,24-27H,2,5-6,10-11,14-16,18-22H2,(H,36,39)(H,37,38). The lowest BCUT2D eigenvalue weighted by Gasteiger charge is -2.56. The Morgan fingerprint density at radius 3 is 2.31 bits per heavy atom. The highest BCUT2D eigenvalue weighted by molar-refractivity contribution is 6.04. The molecule has 0 radical (unpaired) electrons. The molecule has 7 nitrogen and oxygen atoms in total. The Hall–Kier alpha value is -3.45. The van der Waals surface area contributed by atoms with Crippen LogP contribution in [0.4, 0.5) is 5.69 Å². The van der Waals surface area contributed by atoms with Gasteiger partial charge in [0.1, 0.15) is 12.4 Å². The zero-order chi connectivity index (χ0) is 28.5. The summed E-state index contributed by atoms with van der Waals surface area (Å²) in [6.07, 6.45) is 13.4. The van der Waals surface area contributed by atoms with Gasteiger partial charge in [-0.15, -0.1) is 0 Å². The first-order valence-corrected chi connectivity index (χ1v) is 15.9. The number of hydrogen-bond acceptors (Lipinski definition) is 5. The second kappa shape index (κ2) is 11.7. The summed E-state index contributed by atoms with van der Waals surface area (Å²) in [5.74, 6) is 2.93. The van der Waals surface area contributed by atoms with Crippen molar-refractivity contribution in [3.05, 3.63) is 82.9 Å². The van der Waals surface area contributed by atoms with Crippen LogP contribution < -0.4 is 5.32 Å². The van der Waals surface area contributed by atoms with E-state index >= 15 is 0 Å². The van der Waals surface area contributed by atoms with Crippen molar-refractivity contribution in [3.63, 3.8) is 0 Å². The van der Waals surface area contributed by atoms with Crippen molar-refractivity contribution < 1.29 is 19.1 Å². The van der Waals surface area contributed by atoms with Gasteiger partial charge >= 0.3 is 5.97 Å². The SMILES string of the molecule is O=C(OCc1ccccc1)c1cccc(NC(=O)c2nc(C3CCCCC3)[nH]c2COC23CC4CC(CC(C4)C2)C3)c1. The zero-order valence-corrected chi connectivity index (χ0v) is 24.3. The maximum absolute atomic E-state index is 13.7. The van der Waals surface area contributed by atoms with Gasteiger partial charge in [-0.1, -0.05) is 55.7 Å². The highest BCUT2D eigenvalue weighted by atomic mass is 16.5. The lowest BCUT2D eigenvalue weighted by atomic mass is 9.54. The van der Waals surface area contributed by atoms with Gasteiger partial charge in [0.2, 0.25) is 0 Å². The third kappa shape index (κ3) is 5.89. The number of aromatic amines is 1. The molecule has 8 rings (SSSR count). The summed E-state index contributed by atoms with van der Waals surface area (Å²) in [4.78, 5) is 34.8. The Bertz CT molecular complexity index is 1390. The summed E-state index contributed by atoms with van der Waals surface area (Å²) in [6.45, 7) is 0.570. The van der Waals surface area contributed by atoms with E-state index in [4.69, 9.17) is 14.5 Å². The molecule has 5 fully saturated rings. The summed E-state index contributed by atoms with van der Waals surface area (Å²) < 4.78 is 12.3. The van der Waals surface area contributed by atoms with E-state index in [0.29, 0.717) is 29.5 Å².